The fourth-order valence-corrected chi connectivity index (χ4v) is 3.39. The van der Waals surface area contributed by atoms with Gasteiger partial charge in [-0.3, -0.25) is 9.59 Å². The van der Waals surface area contributed by atoms with Crippen LogP contribution < -0.4 is 16.4 Å². The topological polar surface area (TPSA) is 84.2 Å². The summed E-state index contributed by atoms with van der Waals surface area (Å²) in [5.74, 6) is -1.14. The molecule has 160 valence electrons. The Morgan fingerprint density at radius 1 is 1.00 bits per heavy atom. The number of carbonyl (C=O) groups excluding carboxylic acids is 2. The molecule has 3 aromatic carbocycles. The number of aryl methyl sites for hydroxylation is 1. The number of anilines is 2. The monoisotopic (exact) mass is 459 g/mol. The molecule has 0 radical (unpaired) electrons. The second-order valence-electron chi connectivity index (χ2n) is 6.85. The third kappa shape index (κ3) is 5.41. The Hall–Kier alpha value is -2.93. The van der Waals surface area contributed by atoms with Crippen LogP contribution in [-0.4, -0.2) is 24.8 Å². The van der Waals surface area contributed by atoms with Crippen LogP contribution in [0, 0.1) is 12.7 Å². The van der Waals surface area contributed by atoms with Crippen molar-refractivity contribution in [2.75, 3.05) is 18.4 Å². The van der Waals surface area contributed by atoms with E-state index in [9.17, 15) is 14.0 Å². The molecule has 4 N–H and O–H groups in total. The summed E-state index contributed by atoms with van der Waals surface area (Å²) in [5.41, 5.74) is 7.85. The first-order chi connectivity index (χ1) is 14.8. The van der Waals surface area contributed by atoms with Crippen LogP contribution >= 0.6 is 23.2 Å². The van der Waals surface area contributed by atoms with E-state index < -0.39 is 5.82 Å². The lowest BCUT2D eigenvalue weighted by Crippen LogP contribution is -2.29. The Morgan fingerprint density at radius 3 is 2.45 bits per heavy atom. The van der Waals surface area contributed by atoms with E-state index in [1.54, 1.807) is 37.3 Å². The number of amides is 1. The molecule has 8 heteroatoms. The Labute approximate surface area is 189 Å². The number of rotatable bonds is 7. The average Bonchev–Trinajstić information content (AvgIpc) is 2.74. The van der Waals surface area contributed by atoms with Crippen LogP contribution in [0.15, 0.2) is 54.6 Å². The Balaban J connectivity index is 1.86. The molecule has 0 aromatic heterocycles. The summed E-state index contributed by atoms with van der Waals surface area (Å²) in [6.45, 7) is 2.44. The van der Waals surface area contributed by atoms with E-state index in [1.807, 2.05) is 0 Å². The van der Waals surface area contributed by atoms with Gasteiger partial charge in [0.15, 0.2) is 5.78 Å². The van der Waals surface area contributed by atoms with Crippen molar-refractivity contribution in [3.05, 3.63) is 92.7 Å². The van der Waals surface area contributed by atoms with E-state index in [-0.39, 0.29) is 33.0 Å². The summed E-state index contributed by atoms with van der Waals surface area (Å²) in [6.07, 6.45) is 0. The van der Waals surface area contributed by atoms with Crippen molar-refractivity contribution in [3.8, 4) is 0 Å². The molecule has 0 aliphatic rings. The molecule has 0 aliphatic carbocycles. The second-order valence-corrected chi connectivity index (χ2v) is 7.69. The maximum absolute atomic E-state index is 14.0. The lowest BCUT2D eigenvalue weighted by molar-refractivity contribution is 0.0954. The van der Waals surface area contributed by atoms with Crippen LogP contribution in [-0.2, 0) is 0 Å². The SMILES string of the molecule is Cc1ccc(C(=O)NCCN)cc1C(=O)c1ccc(Nc2ccc(Cl)cc2F)cc1Cl. The summed E-state index contributed by atoms with van der Waals surface area (Å²) >= 11 is 12.1. The Kier molecular flexibility index (Phi) is 7.28. The normalized spacial score (nSPS) is 10.6. The highest BCUT2D eigenvalue weighted by Gasteiger charge is 2.18. The number of nitrogens with two attached hydrogens (primary N) is 1. The number of benzene rings is 3. The Morgan fingerprint density at radius 2 is 1.77 bits per heavy atom. The lowest BCUT2D eigenvalue weighted by Gasteiger charge is -2.12. The maximum atomic E-state index is 14.0. The first kappa shape index (κ1) is 22.7. The van der Waals surface area contributed by atoms with Gasteiger partial charge in [0.25, 0.3) is 5.91 Å². The van der Waals surface area contributed by atoms with Gasteiger partial charge in [0, 0.05) is 40.5 Å². The molecular weight excluding hydrogens is 440 g/mol. The minimum Gasteiger partial charge on any atom is -0.353 e. The highest BCUT2D eigenvalue weighted by molar-refractivity contribution is 6.35. The van der Waals surface area contributed by atoms with Gasteiger partial charge >= 0.3 is 0 Å². The lowest BCUT2D eigenvalue weighted by atomic mass is 9.96. The molecule has 5 nitrogen and oxygen atoms in total. The summed E-state index contributed by atoms with van der Waals surface area (Å²) in [4.78, 5) is 25.3. The minimum absolute atomic E-state index is 0.196. The number of halogens is 3. The van der Waals surface area contributed by atoms with Crippen LogP contribution in [0.2, 0.25) is 10.0 Å². The first-order valence-corrected chi connectivity index (χ1v) is 10.2. The smallest absolute Gasteiger partial charge is 0.251 e. The quantitative estimate of drug-likeness (QED) is 0.428. The van der Waals surface area contributed by atoms with Gasteiger partial charge in [0.05, 0.1) is 10.7 Å². The van der Waals surface area contributed by atoms with Crippen LogP contribution in [0.5, 0.6) is 0 Å². The van der Waals surface area contributed by atoms with Crippen molar-refractivity contribution in [2.24, 2.45) is 5.73 Å². The molecule has 0 fully saturated rings. The zero-order valence-corrected chi connectivity index (χ0v) is 18.1. The summed E-state index contributed by atoms with van der Waals surface area (Å²) in [5, 5.41) is 6.07. The third-order valence-corrected chi connectivity index (χ3v) is 5.15. The van der Waals surface area contributed by atoms with E-state index >= 15 is 0 Å². The third-order valence-electron chi connectivity index (χ3n) is 4.60. The molecule has 0 heterocycles. The molecule has 0 bridgehead atoms. The van der Waals surface area contributed by atoms with Gasteiger partial charge in [-0.15, -0.1) is 0 Å². The maximum Gasteiger partial charge on any atom is 0.251 e. The first-order valence-electron chi connectivity index (χ1n) is 9.45. The number of carbonyl (C=O) groups is 2. The molecule has 3 rings (SSSR count). The fraction of sp³-hybridized carbons (Fsp3) is 0.130. The van der Waals surface area contributed by atoms with E-state index in [0.29, 0.717) is 35.5 Å². The highest BCUT2D eigenvalue weighted by Crippen LogP contribution is 2.28. The van der Waals surface area contributed by atoms with Gasteiger partial charge in [0.1, 0.15) is 5.82 Å². The largest absolute Gasteiger partial charge is 0.353 e. The zero-order valence-electron chi connectivity index (χ0n) is 16.6. The van der Waals surface area contributed by atoms with Gasteiger partial charge < -0.3 is 16.4 Å². The van der Waals surface area contributed by atoms with Crippen LogP contribution in [0.4, 0.5) is 15.8 Å². The number of hydrogen-bond acceptors (Lipinski definition) is 4. The van der Waals surface area contributed by atoms with Crippen molar-refractivity contribution in [2.45, 2.75) is 6.92 Å². The minimum atomic E-state index is -0.510. The number of nitrogens with one attached hydrogen (secondary N) is 2. The van der Waals surface area contributed by atoms with Crippen molar-refractivity contribution >= 4 is 46.3 Å². The van der Waals surface area contributed by atoms with Crippen molar-refractivity contribution in [1.82, 2.24) is 5.32 Å². The molecule has 31 heavy (non-hydrogen) atoms. The van der Waals surface area contributed by atoms with Crippen molar-refractivity contribution in [3.63, 3.8) is 0 Å². The predicted octanol–water partition coefficient (Wildman–Crippen LogP) is 5.10. The zero-order chi connectivity index (χ0) is 22.5. The van der Waals surface area contributed by atoms with E-state index in [4.69, 9.17) is 28.9 Å². The van der Waals surface area contributed by atoms with Crippen LogP contribution in [0.1, 0.15) is 31.8 Å². The summed E-state index contributed by atoms with van der Waals surface area (Å²) in [7, 11) is 0. The van der Waals surface area contributed by atoms with Gasteiger partial charge in [-0.05, 0) is 61.0 Å². The fourth-order valence-electron chi connectivity index (χ4n) is 2.96. The van der Waals surface area contributed by atoms with E-state index in [2.05, 4.69) is 10.6 Å². The van der Waals surface area contributed by atoms with Crippen LogP contribution in [0.25, 0.3) is 0 Å². The van der Waals surface area contributed by atoms with E-state index in [0.717, 1.165) is 0 Å². The van der Waals surface area contributed by atoms with Crippen LogP contribution in [0.3, 0.4) is 0 Å². The molecule has 0 spiro atoms. The molecule has 0 aliphatic heterocycles. The van der Waals surface area contributed by atoms with Gasteiger partial charge in [-0.1, -0.05) is 29.3 Å². The van der Waals surface area contributed by atoms with Gasteiger partial charge in [-0.2, -0.15) is 0 Å². The molecule has 0 unspecified atom stereocenters. The van der Waals surface area contributed by atoms with Crippen molar-refractivity contribution in [1.29, 1.82) is 0 Å². The molecule has 1 amide bonds. The number of hydrogen-bond donors (Lipinski definition) is 3. The predicted molar refractivity (Wildman–Crippen MR) is 122 cm³/mol. The van der Waals surface area contributed by atoms with Gasteiger partial charge in [-0.25, -0.2) is 4.39 Å². The average molecular weight is 460 g/mol. The Bertz CT molecular complexity index is 1150. The highest BCUT2D eigenvalue weighted by atomic mass is 35.5. The standard InChI is InChI=1S/C23H20Cl2FN3O2/c1-13-2-3-14(23(31)28-9-8-27)10-18(13)22(30)17-6-5-16(12-19(17)25)29-21-7-4-15(24)11-20(21)26/h2-7,10-12,29H,8-9,27H2,1H3,(H,28,31). The summed E-state index contributed by atoms with van der Waals surface area (Å²) < 4.78 is 14.0. The number of ketones is 1. The molecule has 0 saturated carbocycles. The van der Waals surface area contributed by atoms with Crippen molar-refractivity contribution < 1.29 is 14.0 Å². The second kappa shape index (κ2) is 9.92. The van der Waals surface area contributed by atoms with E-state index in [1.165, 1.54) is 24.3 Å². The molecule has 3 aromatic rings. The molecule has 0 atom stereocenters. The summed E-state index contributed by atoms with van der Waals surface area (Å²) in [6, 6.07) is 13.9. The molecule has 0 saturated heterocycles. The van der Waals surface area contributed by atoms with Gasteiger partial charge in [0.2, 0.25) is 0 Å². The molecular formula is C23H20Cl2FN3O2.